The van der Waals surface area contributed by atoms with E-state index in [0.717, 1.165) is 5.82 Å². The van der Waals surface area contributed by atoms with Crippen molar-refractivity contribution in [2.45, 2.75) is 24.7 Å². The lowest BCUT2D eigenvalue weighted by atomic mass is 10.3. The average molecular weight is 246 g/mol. The topological polar surface area (TPSA) is 57.8 Å². The molecule has 0 aliphatic rings. The maximum Gasteiger partial charge on any atom is 0.234 e. The standard InChI is InChI=1S/C8H12BrN3O/c1-5(9)8(13)12-6(2)7-10-3-4-11-7/h3-6H,1-2H3,(H,10,11)(H,12,13). The van der Waals surface area contributed by atoms with Gasteiger partial charge in [0.05, 0.1) is 10.9 Å². The number of halogens is 1. The minimum absolute atomic E-state index is 0.0381. The van der Waals surface area contributed by atoms with E-state index in [4.69, 9.17) is 0 Å². The van der Waals surface area contributed by atoms with Crippen molar-refractivity contribution in [2.75, 3.05) is 0 Å². The Morgan fingerprint density at radius 2 is 2.38 bits per heavy atom. The number of carbonyl (C=O) groups excluding carboxylic acids is 1. The van der Waals surface area contributed by atoms with Crippen molar-refractivity contribution in [1.29, 1.82) is 0 Å². The number of aromatic amines is 1. The maximum absolute atomic E-state index is 11.2. The molecule has 2 atom stereocenters. The van der Waals surface area contributed by atoms with Gasteiger partial charge < -0.3 is 10.3 Å². The van der Waals surface area contributed by atoms with Gasteiger partial charge in [-0.15, -0.1) is 0 Å². The van der Waals surface area contributed by atoms with Crippen molar-refractivity contribution >= 4 is 21.8 Å². The summed E-state index contributed by atoms with van der Waals surface area (Å²) in [6.45, 7) is 3.66. The lowest BCUT2D eigenvalue weighted by molar-refractivity contribution is -0.120. The molecular weight excluding hydrogens is 234 g/mol. The number of imidazole rings is 1. The van der Waals surface area contributed by atoms with Gasteiger partial charge in [-0.3, -0.25) is 4.79 Å². The van der Waals surface area contributed by atoms with Crippen LogP contribution in [0.1, 0.15) is 25.7 Å². The van der Waals surface area contributed by atoms with Crippen LogP contribution in [0.4, 0.5) is 0 Å². The van der Waals surface area contributed by atoms with Gasteiger partial charge in [-0.2, -0.15) is 0 Å². The Hall–Kier alpha value is -0.840. The van der Waals surface area contributed by atoms with Crippen LogP contribution in [0.15, 0.2) is 12.4 Å². The second-order valence-corrected chi connectivity index (χ2v) is 4.19. The largest absolute Gasteiger partial charge is 0.347 e. The molecule has 0 bridgehead atoms. The molecular formula is C8H12BrN3O. The summed E-state index contributed by atoms with van der Waals surface area (Å²) >= 11 is 3.19. The number of carbonyl (C=O) groups is 1. The van der Waals surface area contributed by atoms with Crippen molar-refractivity contribution < 1.29 is 4.79 Å². The normalized spacial score (nSPS) is 15.0. The van der Waals surface area contributed by atoms with Gasteiger partial charge in [-0.1, -0.05) is 15.9 Å². The molecule has 1 aromatic heterocycles. The molecule has 1 rings (SSSR count). The first-order valence-corrected chi connectivity index (χ1v) is 4.96. The fraction of sp³-hybridized carbons (Fsp3) is 0.500. The summed E-state index contributed by atoms with van der Waals surface area (Å²) in [4.78, 5) is 18.1. The summed E-state index contributed by atoms with van der Waals surface area (Å²) in [5.41, 5.74) is 0. The molecule has 0 fully saturated rings. The summed E-state index contributed by atoms with van der Waals surface area (Å²) in [6, 6.07) is -0.0810. The Morgan fingerprint density at radius 3 is 2.85 bits per heavy atom. The highest BCUT2D eigenvalue weighted by atomic mass is 79.9. The van der Waals surface area contributed by atoms with Crippen molar-refractivity contribution in [3.05, 3.63) is 18.2 Å². The molecule has 72 valence electrons. The van der Waals surface area contributed by atoms with E-state index in [2.05, 4.69) is 31.2 Å². The van der Waals surface area contributed by atoms with Gasteiger partial charge in [0.15, 0.2) is 0 Å². The highest BCUT2D eigenvalue weighted by Gasteiger charge is 2.14. The number of aromatic nitrogens is 2. The molecule has 13 heavy (non-hydrogen) atoms. The second kappa shape index (κ2) is 4.41. The van der Waals surface area contributed by atoms with Crippen molar-refractivity contribution in [2.24, 2.45) is 0 Å². The number of hydrogen-bond acceptors (Lipinski definition) is 2. The molecule has 1 heterocycles. The minimum atomic E-state index is -0.176. The number of amides is 1. The van der Waals surface area contributed by atoms with Gasteiger partial charge in [0.1, 0.15) is 5.82 Å². The van der Waals surface area contributed by atoms with Crippen molar-refractivity contribution in [3.8, 4) is 0 Å². The third-order valence-electron chi connectivity index (χ3n) is 1.65. The molecule has 0 aromatic carbocycles. The summed E-state index contributed by atoms with van der Waals surface area (Å²) in [6.07, 6.45) is 3.39. The molecule has 0 spiro atoms. The molecule has 0 saturated carbocycles. The fourth-order valence-corrected chi connectivity index (χ4v) is 1.04. The number of H-pyrrole nitrogens is 1. The zero-order valence-electron chi connectivity index (χ0n) is 7.54. The van der Waals surface area contributed by atoms with Crippen LogP contribution < -0.4 is 5.32 Å². The summed E-state index contributed by atoms with van der Waals surface area (Å²) < 4.78 is 0. The molecule has 2 N–H and O–H groups in total. The lowest BCUT2D eigenvalue weighted by Gasteiger charge is -2.12. The van der Waals surface area contributed by atoms with Gasteiger partial charge in [0.25, 0.3) is 0 Å². The number of alkyl halides is 1. The van der Waals surface area contributed by atoms with Gasteiger partial charge in [-0.25, -0.2) is 4.98 Å². The van der Waals surface area contributed by atoms with E-state index < -0.39 is 0 Å². The molecule has 1 amide bonds. The SMILES string of the molecule is CC(Br)C(=O)NC(C)c1ncc[nH]1. The maximum atomic E-state index is 11.2. The van der Waals surface area contributed by atoms with Crippen LogP contribution >= 0.6 is 15.9 Å². The first-order chi connectivity index (χ1) is 6.11. The number of nitrogens with zero attached hydrogens (tertiary/aromatic N) is 1. The Kier molecular flexibility index (Phi) is 3.48. The molecule has 4 nitrogen and oxygen atoms in total. The lowest BCUT2D eigenvalue weighted by Crippen LogP contribution is -2.32. The molecule has 0 aliphatic carbocycles. The van der Waals surface area contributed by atoms with E-state index in [-0.39, 0.29) is 16.8 Å². The van der Waals surface area contributed by atoms with E-state index in [1.807, 2.05) is 6.92 Å². The van der Waals surface area contributed by atoms with Crippen LogP contribution in [-0.4, -0.2) is 20.7 Å². The Labute approximate surface area is 85.3 Å². The quantitative estimate of drug-likeness (QED) is 0.791. The Balaban J connectivity index is 2.51. The Bertz CT molecular complexity index is 271. The van der Waals surface area contributed by atoms with E-state index in [1.54, 1.807) is 19.3 Å². The Morgan fingerprint density at radius 1 is 1.69 bits per heavy atom. The predicted molar refractivity (Wildman–Crippen MR) is 53.5 cm³/mol. The van der Waals surface area contributed by atoms with Crippen LogP contribution in [0.25, 0.3) is 0 Å². The van der Waals surface area contributed by atoms with Crippen molar-refractivity contribution in [3.63, 3.8) is 0 Å². The van der Waals surface area contributed by atoms with Crippen LogP contribution in [0, 0.1) is 0 Å². The smallest absolute Gasteiger partial charge is 0.234 e. The van der Waals surface area contributed by atoms with Gasteiger partial charge in [0, 0.05) is 12.4 Å². The molecule has 2 unspecified atom stereocenters. The predicted octanol–water partition coefficient (Wildman–Crippen LogP) is 1.37. The monoisotopic (exact) mass is 245 g/mol. The molecule has 0 saturated heterocycles. The number of rotatable bonds is 3. The average Bonchev–Trinajstić information content (AvgIpc) is 2.55. The fourth-order valence-electron chi connectivity index (χ4n) is 0.911. The third kappa shape index (κ3) is 2.84. The van der Waals surface area contributed by atoms with Crippen molar-refractivity contribution in [1.82, 2.24) is 15.3 Å². The van der Waals surface area contributed by atoms with Gasteiger partial charge in [-0.05, 0) is 13.8 Å². The zero-order chi connectivity index (χ0) is 9.84. The first-order valence-electron chi connectivity index (χ1n) is 4.05. The van der Waals surface area contributed by atoms with Crippen LogP contribution in [0.5, 0.6) is 0 Å². The summed E-state index contributed by atoms with van der Waals surface area (Å²) in [7, 11) is 0. The molecule has 1 aromatic rings. The first kappa shape index (κ1) is 10.2. The summed E-state index contributed by atoms with van der Waals surface area (Å²) in [5.74, 6) is 0.727. The number of nitrogens with one attached hydrogen (secondary N) is 2. The molecule has 0 radical (unpaired) electrons. The highest BCUT2D eigenvalue weighted by Crippen LogP contribution is 2.07. The highest BCUT2D eigenvalue weighted by molar-refractivity contribution is 9.10. The zero-order valence-corrected chi connectivity index (χ0v) is 9.13. The van der Waals surface area contributed by atoms with E-state index >= 15 is 0 Å². The van der Waals surface area contributed by atoms with Gasteiger partial charge >= 0.3 is 0 Å². The van der Waals surface area contributed by atoms with E-state index in [1.165, 1.54) is 0 Å². The van der Waals surface area contributed by atoms with E-state index in [9.17, 15) is 4.79 Å². The number of hydrogen-bond donors (Lipinski definition) is 2. The van der Waals surface area contributed by atoms with Gasteiger partial charge in [0.2, 0.25) is 5.91 Å². The van der Waals surface area contributed by atoms with Crippen LogP contribution in [0.3, 0.4) is 0 Å². The minimum Gasteiger partial charge on any atom is -0.347 e. The second-order valence-electron chi connectivity index (χ2n) is 2.82. The van der Waals surface area contributed by atoms with E-state index in [0.29, 0.717) is 0 Å². The third-order valence-corrected chi connectivity index (χ3v) is 2.07. The molecule has 5 heteroatoms. The molecule has 0 aliphatic heterocycles. The van der Waals surface area contributed by atoms with Crippen LogP contribution in [0.2, 0.25) is 0 Å². The van der Waals surface area contributed by atoms with Crippen LogP contribution in [-0.2, 0) is 4.79 Å². The summed E-state index contributed by atoms with van der Waals surface area (Å²) in [5, 5.41) is 2.80.